The van der Waals surface area contributed by atoms with E-state index < -0.39 is 21.8 Å². The molecule has 1 aliphatic heterocycles. The first-order valence-electron chi connectivity index (χ1n) is 8.08. The number of benzene rings is 1. The van der Waals surface area contributed by atoms with E-state index in [4.69, 9.17) is 9.47 Å². The molecule has 0 unspecified atom stereocenters. The summed E-state index contributed by atoms with van der Waals surface area (Å²) in [5.74, 6) is -0.348. The fourth-order valence-electron chi connectivity index (χ4n) is 4.33. The van der Waals surface area contributed by atoms with Crippen LogP contribution >= 0.6 is 0 Å². The number of carbonyl (C=O) groups is 1. The van der Waals surface area contributed by atoms with Gasteiger partial charge in [-0.1, -0.05) is 29.8 Å². The van der Waals surface area contributed by atoms with Gasteiger partial charge in [-0.2, -0.15) is 0 Å². The van der Waals surface area contributed by atoms with Gasteiger partial charge in [0.2, 0.25) is 6.29 Å². The molecule has 122 valence electrons. The molecule has 2 fully saturated rings. The Kier molecular flexibility index (Phi) is 3.46. The molecule has 6 atom stereocenters. The van der Waals surface area contributed by atoms with Gasteiger partial charge in [0.05, 0.1) is 16.7 Å². The van der Waals surface area contributed by atoms with E-state index in [1.807, 2.05) is 44.2 Å². The molecule has 23 heavy (non-hydrogen) atoms. The van der Waals surface area contributed by atoms with E-state index in [9.17, 15) is 9.00 Å². The second kappa shape index (κ2) is 5.28. The number of allylic oxidation sites excluding steroid dienone is 2. The summed E-state index contributed by atoms with van der Waals surface area (Å²) in [7, 11) is -1.45. The maximum absolute atomic E-state index is 13.4. The topological polar surface area (TPSA) is 52.6 Å². The normalized spacial score (nSPS) is 38.6. The fourth-order valence-corrected chi connectivity index (χ4v) is 6.29. The van der Waals surface area contributed by atoms with Gasteiger partial charge in [-0.15, -0.1) is 0 Å². The molecular weight excluding hydrogens is 312 g/mol. The molecule has 0 radical (unpaired) electrons. The van der Waals surface area contributed by atoms with Crippen LogP contribution in [-0.4, -0.2) is 27.8 Å². The smallest absolute Gasteiger partial charge is 0.328 e. The van der Waals surface area contributed by atoms with Crippen LogP contribution in [0.15, 0.2) is 41.3 Å². The van der Waals surface area contributed by atoms with Gasteiger partial charge in [0.25, 0.3) is 0 Å². The zero-order chi connectivity index (χ0) is 16.2. The third-order valence-corrected chi connectivity index (χ3v) is 7.39. The second-order valence-corrected chi connectivity index (χ2v) is 8.21. The Balaban J connectivity index is 1.80. The molecule has 4 nitrogen and oxygen atoms in total. The maximum Gasteiger partial charge on any atom is 0.328 e. The minimum atomic E-state index is -1.45. The highest BCUT2D eigenvalue weighted by Gasteiger charge is 2.72. The number of aryl methyl sites for hydroxylation is 1. The Morgan fingerprint density at radius 3 is 2.74 bits per heavy atom. The SMILES string of the molecule is CCO[C@@H]1OC(=O)[C@]2([S@@](=O)c3ccc(C)cc3)[C@H]1[C@H]1C=C[C@@H]2C1. The number of hydrogen-bond donors (Lipinski definition) is 0. The van der Waals surface area contributed by atoms with E-state index in [0.29, 0.717) is 11.5 Å². The highest BCUT2D eigenvalue weighted by Crippen LogP contribution is 2.60. The van der Waals surface area contributed by atoms with Gasteiger partial charge in [-0.25, -0.2) is 0 Å². The van der Waals surface area contributed by atoms with Crippen molar-refractivity contribution in [2.75, 3.05) is 6.61 Å². The first-order valence-corrected chi connectivity index (χ1v) is 9.23. The van der Waals surface area contributed by atoms with Crippen LogP contribution in [0.25, 0.3) is 0 Å². The van der Waals surface area contributed by atoms with Crippen molar-refractivity contribution in [2.24, 2.45) is 17.8 Å². The van der Waals surface area contributed by atoms with Crippen molar-refractivity contribution in [3.8, 4) is 0 Å². The minimum Gasteiger partial charge on any atom is -0.434 e. The first-order chi connectivity index (χ1) is 11.1. The lowest BCUT2D eigenvalue weighted by Crippen LogP contribution is -2.49. The maximum atomic E-state index is 13.4. The van der Waals surface area contributed by atoms with Crippen LogP contribution in [0.4, 0.5) is 0 Å². The number of hydrogen-bond acceptors (Lipinski definition) is 4. The Hall–Kier alpha value is -1.46. The fraction of sp³-hybridized carbons (Fsp3) is 0.500. The van der Waals surface area contributed by atoms with Crippen molar-refractivity contribution in [1.29, 1.82) is 0 Å². The van der Waals surface area contributed by atoms with Crippen molar-refractivity contribution < 1.29 is 18.5 Å². The molecule has 1 aromatic rings. The van der Waals surface area contributed by atoms with Crippen LogP contribution in [0.5, 0.6) is 0 Å². The molecule has 1 aromatic carbocycles. The summed E-state index contributed by atoms with van der Waals surface area (Å²) in [6.07, 6.45) is 4.46. The molecule has 1 saturated heterocycles. The Bertz CT molecular complexity index is 695. The zero-order valence-electron chi connectivity index (χ0n) is 13.2. The average Bonchev–Trinajstić information content (AvgIpc) is 3.20. The van der Waals surface area contributed by atoms with Crippen LogP contribution < -0.4 is 0 Å². The van der Waals surface area contributed by atoms with Crippen LogP contribution in [0, 0.1) is 24.7 Å². The second-order valence-electron chi connectivity index (χ2n) is 6.52. The van der Waals surface area contributed by atoms with Gasteiger partial charge in [0.1, 0.15) is 0 Å². The van der Waals surface area contributed by atoms with E-state index in [1.165, 1.54) is 0 Å². The molecule has 0 N–H and O–H groups in total. The van der Waals surface area contributed by atoms with E-state index in [0.717, 1.165) is 12.0 Å². The Morgan fingerprint density at radius 1 is 1.30 bits per heavy atom. The van der Waals surface area contributed by atoms with Gasteiger partial charge in [-0.05, 0) is 38.3 Å². The quantitative estimate of drug-likeness (QED) is 0.628. The predicted octanol–water partition coefficient (Wildman–Crippen LogP) is 2.58. The lowest BCUT2D eigenvalue weighted by atomic mass is 9.83. The predicted molar refractivity (Wildman–Crippen MR) is 86.1 cm³/mol. The third kappa shape index (κ3) is 1.93. The number of fused-ring (bicyclic) bond motifs is 5. The molecule has 1 heterocycles. The molecule has 5 heteroatoms. The highest BCUT2D eigenvalue weighted by atomic mass is 32.2. The minimum absolute atomic E-state index is 0.0300. The monoisotopic (exact) mass is 332 g/mol. The van der Waals surface area contributed by atoms with Crippen LogP contribution in [0.2, 0.25) is 0 Å². The van der Waals surface area contributed by atoms with Crippen LogP contribution in [-0.2, 0) is 25.1 Å². The van der Waals surface area contributed by atoms with Gasteiger partial charge in [0.15, 0.2) is 4.75 Å². The lowest BCUT2D eigenvalue weighted by molar-refractivity contribution is -0.168. The largest absolute Gasteiger partial charge is 0.434 e. The summed E-state index contributed by atoms with van der Waals surface area (Å²) in [6, 6.07) is 7.58. The first kappa shape index (κ1) is 15.1. The summed E-state index contributed by atoms with van der Waals surface area (Å²) >= 11 is 0. The molecule has 4 rings (SSSR count). The Labute approximate surface area is 138 Å². The van der Waals surface area contributed by atoms with E-state index in [1.54, 1.807) is 0 Å². The average molecular weight is 332 g/mol. The van der Waals surface area contributed by atoms with Crippen LogP contribution in [0.1, 0.15) is 18.9 Å². The van der Waals surface area contributed by atoms with Crippen molar-refractivity contribution in [3.63, 3.8) is 0 Å². The van der Waals surface area contributed by atoms with Gasteiger partial charge in [0, 0.05) is 17.4 Å². The van der Waals surface area contributed by atoms with Gasteiger partial charge >= 0.3 is 5.97 Å². The number of carbonyl (C=O) groups excluding carboxylic acids is 1. The number of cyclic esters (lactones) is 1. The van der Waals surface area contributed by atoms with Crippen molar-refractivity contribution in [1.82, 2.24) is 0 Å². The highest BCUT2D eigenvalue weighted by molar-refractivity contribution is 7.87. The van der Waals surface area contributed by atoms with Gasteiger partial charge < -0.3 is 9.47 Å². The summed E-state index contributed by atoms with van der Waals surface area (Å²) in [4.78, 5) is 13.5. The summed E-state index contributed by atoms with van der Waals surface area (Å²) < 4.78 is 23.6. The molecule has 3 aliphatic rings. The molecule has 0 aromatic heterocycles. The Morgan fingerprint density at radius 2 is 2.04 bits per heavy atom. The standard InChI is InChI=1S/C18H20O4S/c1-3-21-16-15-12-6-7-13(10-12)18(15,17(19)22-16)23(20)14-8-4-11(2)5-9-14/h4-9,12-13,15-16H,3,10H2,1-2H3/t12-,13+,15-,16+,18+,23-/m0/s1. The molecular formula is C18H20O4S. The zero-order valence-corrected chi connectivity index (χ0v) is 14.0. The number of rotatable bonds is 4. The van der Waals surface area contributed by atoms with Gasteiger partial charge in [-0.3, -0.25) is 9.00 Å². The number of esters is 1. The van der Waals surface area contributed by atoms with Crippen molar-refractivity contribution in [2.45, 2.75) is 36.2 Å². The van der Waals surface area contributed by atoms with E-state index in [-0.39, 0.29) is 23.7 Å². The van der Waals surface area contributed by atoms with Crippen LogP contribution in [0.3, 0.4) is 0 Å². The van der Waals surface area contributed by atoms with Crippen molar-refractivity contribution >= 4 is 16.8 Å². The summed E-state index contributed by atoms with van der Waals surface area (Å²) in [5, 5.41) is 0. The molecule has 2 aliphatic carbocycles. The van der Waals surface area contributed by atoms with Crippen molar-refractivity contribution in [3.05, 3.63) is 42.0 Å². The third-order valence-electron chi connectivity index (χ3n) is 5.33. The summed E-state index contributed by atoms with van der Waals surface area (Å²) in [6.45, 7) is 4.35. The van der Waals surface area contributed by atoms with E-state index in [2.05, 4.69) is 6.08 Å². The molecule has 0 spiro atoms. The molecule has 1 saturated carbocycles. The number of ether oxygens (including phenoxy) is 2. The van der Waals surface area contributed by atoms with E-state index >= 15 is 0 Å². The molecule has 2 bridgehead atoms. The lowest BCUT2D eigenvalue weighted by Gasteiger charge is -2.32. The molecule has 0 amide bonds. The summed E-state index contributed by atoms with van der Waals surface area (Å²) in [5.41, 5.74) is 1.11.